The zero-order chi connectivity index (χ0) is 32.6. The number of hydrazine groups is 1. The van der Waals surface area contributed by atoms with Crippen molar-refractivity contribution in [2.45, 2.75) is 64.0 Å². The molecule has 0 aromatic heterocycles. The van der Waals surface area contributed by atoms with Crippen molar-refractivity contribution in [1.82, 2.24) is 20.1 Å². The zero-order valence-electron chi connectivity index (χ0n) is 28.6. The molecule has 1 unspecified atom stereocenters. The Morgan fingerprint density at radius 1 is 0.870 bits per heavy atom. The third kappa shape index (κ3) is 5.21. The molecule has 4 atom stereocenters. The van der Waals surface area contributed by atoms with Crippen LogP contribution in [0.4, 0.5) is 0 Å². The monoisotopic (exact) mass is 635 g/mol. The Morgan fingerprint density at radius 3 is 2.13 bits per heavy atom. The molecule has 3 N–H and O–H groups in total. The Bertz CT molecular complexity index is 1430. The van der Waals surface area contributed by atoms with Crippen molar-refractivity contribution >= 4 is 5.91 Å². The van der Waals surface area contributed by atoms with E-state index in [1.807, 2.05) is 5.01 Å². The molecule has 2 fully saturated rings. The van der Waals surface area contributed by atoms with Gasteiger partial charge in [0.15, 0.2) is 23.0 Å². The van der Waals surface area contributed by atoms with Crippen LogP contribution >= 0.6 is 0 Å². The highest BCUT2D eigenvalue weighted by Crippen LogP contribution is 2.64. The minimum absolute atomic E-state index is 0.0501. The summed E-state index contributed by atoms with van der Waals surface area (Å²) in [6, 6.07) is 8.85. The molecular weight excluding hydrogens is 582 g/mol. The summed E-state index contributed by atoms with van der Waals surface area (Å²) in [7, 11) is 6.84. The molecule has 0 bridgehead atoms. The van der Waals surface area contributed by atoms with E-state index in [2.05, 4.69) is 53.2 Å². The van der Waals surface area contributed by atoms with Gasteiger partial charge in [-0.15, -0.1) is 0 Å². The van der Waals surface area contributed by atoms with Crippen molar-refractivity contribution in [3.05, 3.63) is 46.5 Å². The molecule has 1 saturated heterocycles. The average molecular weight is 636 g/mol. The van der Waals surface area contributed by atoms with Crippen LogP contribution in [0.1, 0.15) is 67.8 Å². The van der Waals surface area contributed by atoms with E-state index < -0.39 is 0 Å². The number of rotatable bonds is 8. The quantitative estimate of drug-likeness (QED) is 0.419. The van der Waals surface area contributed by atoms with E-state index in [4.69, 9.17) is 24.8 Å². The second-order valence-corrected chi connectivity index (χ2v) is 13.4. The lowest BCUT2D eigenvalue weighted by Crippen LogP contribution is -2.66. The van der Waals surface area contributed by atoms with Crippen molar-refractivity contribution in [2.75, 3.05) is 74.3 Å². The summed E-state index contributed by atoms with van der Waals surface area (Å²) in [6.45, 7) is 10.1. The molecule has 1 saturated carbocycles. The first kappa shape index (κ1) is 32.9. The number of nitrogens with zero attached hydrogens (tertiary/aromatic N) is 3. The summed E-state index contributed by atoms with van der Waals surface area (Å²) in [6.07, 6.45) is 5.19. The molecule has 46 heavy (non-hydrogen) atoms. The largest absolute Gasteiger partial charge is 0.493 e. The highest BCUT2D eigenvalue weighted by atomic mass is 16.5. The molecule has 6 rings (SSSR count). The Hall–Kier alpha value is -3.05. The van der Waals surface area contributed by atoms with Gasteiger partial charge in [0.2, 0.25) is 5.91 Å². The number of ether oxygens (including phenoxy) is 4. The third-order valence-corrected chi connectivity index (χ3v) is 11.7. The number of piperazine rings is 1. The van der Waals surface area contributed by atoms with Crippen LogP contribution < -0.4 is 30.1 Å². The number of hydrogen-bond acceptors (Lipinski definition) is 9. The lowest BCUT2D eigenvalue weighted by Gasteiger charge is -2.63. The standard InChI is InChI=1S/C36H53N5O5/c1-7-35(33-27-21-31(45-5)29(43-3)19-24(27)11-14-39(33)8-2)23-26(34(42)40-15-17-41(37)18-16-40)9-12-36(35)28-22-32(46-6)30(44-4)20-25(28)10-13-38-36/h19-22,26,33,38H,7-18,23,37H2,1-6H3/t26-,33?,35-,36-/m1/s1. The van der Waals surface area contributed by atoms with Gasteiger partial charge in [0.1, 0.15) is 0 Å². The highest BCUT2D eigenvalue weighted by Gasteiger charge is 2.62. The number of hydrogen-bond donors (Lipinski definition) is 2. The van der Waals surface area contributed by atoms with Gasteiger partial charge < -0.3 is 29.2 Å². The fourth-order valence-corrected chi connectivity index (χ4v) is 9.44. The summed E-state index contributed by atoms with van der Waals surface area (Å²) in [5.41, 5.74) is 4.44. The minimum Gasteiger partial charge on any atom is -0.493 e. The van der Waals surface area contributed by atoms with Crippen LogP contribution in [0.25, 0.3) is 0 Å². The fourth-order valence-electron chi connectivity index (χ4n) is 9.44. The Morgan fingerprint density at radius 2 is 1.50 bits per heavy atom. The van der Waals surface area contributed by atoms with E-state index in [1.54, 1.807) is 28.4 Å². The highest BCUT2D eigenvalue weighted by molar-refractivity contribution is 5.79. The van der Waals surface area contributed by atoms with Crippen LogP contribution in [0.3, 0.4) is 0 Å². The summed E-state index contributed by atoms with van der Waals surface area (Å²) < 4.78 is 23.4. The predicted octanol–water partition coefficient (Wildman–Crippen LogP) is 3.90. The van der Waals surface area contributed by atoms with Crippen molar-refractivity contribution in [3.8, 4) is 23.0 Å². The molecule has 1 aliphatic carbocycles. The van der Waals surface area contributed by atoms with E-state index in [-0.39, 0.29) is 28.8 Å². The first-order valence-corrected chi connectivity index (χ1v) is 17.1. The second-order valence-electron chi connectivity index (χ2n) is 13.4. The van der Waals surface area contributed by atoms with Gasteiger partial charge in [0.25, 0.3) is 0 Å². The maximum absolute atomic E-state index is 14.4. The van der Waals surface area contributed by atoms with E-state index in [1.165, 1.54) is 22.3 Å². The average Bonchev–Trinajstić information content (AvgIpc) is 3.10. The number of methoxy groups -OCH3 is 4. The van der Waals surface area contributed by atoms with Crippen LogP contribution in [-0.2, 0) is 23.2 Å². The topological polar surface area (TPSA) is 102 Å². The van der Waals surface area contributed by atoms with Gasteiger partial charge in [-0.1, -0.05) is 13.8 Å². The van der Waals surface area contributed by atoms with Gasteiger partial charge in [0.05, 0.1) is 34.0 Å². The number of amides is 1. The summed E-state index contributed by atoms with van der Waals surface area (Å²) in [4.78, 5) is 19.1. The smallest absolute Gasteiger partial charge is 0.225 e. The maximum Gasteiger partial charge on any atom is 0.225 e. The Balaban J connectivity index is 1.56. The van der Waals surface area contributed by atoms with Crippen LogP contribution in [0.15, 0.2) is 24.3 Å². The molecule has 2 aromatic carbocycles. The van der Waals surface area contributed by atoms with Crippen molar-refractivity contribution < 1.29 is 23.7 Å². The van der Waals surface area contributed by atoms with E-state index in [0.717, 1.165) is 81.2 Å². The van der Waals surface area contributed by atoms with Crippen LogP contribution in [0.5, 0.6) is 23.0 Å². The molecule has 1 spiro atoms. The van der Waals surface area contributed by atoms with Crippen LogP contribution in [-0.4, -0.2) is 95.0 Å². The molecule has 10 heteroatoms. The molecule has 0 radical (unpaired) electrons. The molecule has 10 nitrogen and oxygen atoms in total. The first-order valence-electron chi connectivity index (χ1n) is 17.1. The summed E-state index contributed by atoms with van der Waals surface area (Å²) >= 11 is 0. The SMILES string of the molecule is CCN1CCc2cc(OC)c(OC)cc2C1[C@@]1(CC)C[C@H](C(=O)N2CCN(N)CC2)CC[C@]12NCCc1cc(OC)c(OC)cc12. The number of nitrogens with two attached hydrogens (primary N) is 1. The van der Waals surface area contributed by atoms with Gasteiger partial charge in [-0.3, -0.25) is 15.5 Å². The molecular formula is C36H53N5O5. The molecule has 2 aromatic rings. The van der Waals surface area contributed by atoms with Gasteiger partial charge >= 0.3 is 0 Å². The van der Waals surface area contributed by atoms with Gasteiger partial charge in [-0.2, -0.15) is 0 Å². The van der Waals surface area contributed by atoms with E-state index in [0.29, 0.717) is 26.2 Å². The minimum atomic E-state index is -0.387. The Labute approximate surface area is 274 Å². The number of fused-ring (bicyclic) bond motifs is 3. The van der Waals surface area contributed by atoms with Crippen LogP contribution in [0.2, 0.25) is 0 Å². The first-order chi connectivity index (χ1) is 22.3. The van der Waals surface area contributed by atoms with Gasteiger partial charge in [-0.25, -0.2) is 5.01 Å². The number of likely N-dealkylation sites (N-methyl/N-ethyl adjacent to an activating group) is 1. The zero-order valence-corrected chi connectivity index (χ0v) is 28.6. The molecule has 252 valence electrons. The van der Waals surface area contributed by atoms with E-state index >= 15 is 0 Å². The predicted molar refractivity (Wildman–Crippen MR) is 179 cm³/mol. The van der Waals surface area contributed by atoms with Crippen molar-refractivity contribution in [2.24, 2.45) is 17.2 Å². The lowest BCUT2D eigenvalue weighted by atomic mass is 9.49. The number of carbonyl (C=O) groups excluding carboxylic acids is 1. The number of benzene rings is 2. The number of carbonyl (C=O) groups is 1. The Kier molecular flexibility index (Phi) is 9.45. The normalized spacial score (nSPS) is 28.4. The summed E-state index contributed by atoms with van der Waals surface area (Å²) in [5.74, 6) is 9.30. The molecule has 3 heterocycles. The van der Waals surface area contributed by atoms with E-state index in [9.17, 15) is 4.79 Å². The molecule has 4 aliphatic rings. The van der Waals surface area contributed by atoms with Gasteiger partial charge in [0, 0.05) is 56.6 Å². The van der Waals surface area contributed by atoms with Crippen molar-refractivity contribution in [3.63, 3.8) is 0 Å². The second kappa shape index (κ2) is 13.2. The molecule has 3 aliphatic heterocycles. The van der Waals surface area contributed by atoms with Crippen molar-refractivity contribution in [1.29, 1.82) is 0 Å². The maximum atomic E-state index is 14.4. The van der Waals surface area contributed by atoms with Crippen LogP contribution in [0, 0.1) is 11.3 Å². The fraction of sp³-hybridized carbons (Fsp3) is 0.639. The third-order valence-electron chi connectivity index (χ3n) is 11.7. The molecule has 1 amide bonds. The number of nitrogens with one attached hydrogen (secondary N) is 1. The lowest BCUT2D eigenvalue weighted by molar-refractivity contribution is -0.147. The van der Waals surface area contributed by atoms with Gasteiger partial charge in [-0.05, 0) is 91.6 Å². The summed E-state index contributed by atoms with van der Waals surface area (Å²) in [5, 5.41) is 5.98.